The van der Waals surface area contributed by atoms with E-state index in [-0.39, 0.29) is 11.8 Å². The van der Waals surface area contributed by atoms with Crippen molar-refractivity contribution in [2.24, 2.45) is 5.92 Å². The van der Waals surface area contributed by atoms with Gasteiger partial charge < -0.3 is 9.42 Å². The molecule has 1 amide bonds. The zero-order chi connectivity index (χ0) is 21.8. The van der Waals surface area contributed by atoms with Crippen molar-refractivity contribution in [3.05, 3.63) is 70.6 Å². The molecule has 6 nitrogen and oxygen atoms in total. The van der Waals surface area contributed by atoms with E-state index >= 15 is 0 Å². The molecule has 4 rings (SSSR count). The van der Waals surface area contributed by atoms with Gasteiger partial charge in [-0.05, 0) is 56.6 Å². The Morgan fingerprint density at radius 2 is 1.97 bits per heavy atom. The van der Waals surface area contributed by atoms with Crippen LogP contribution in [0.3, 0.4) is 0 Å². The molecule has 0 unspecified atom stereocenters. The zero-order valence-corrected chi connectivity index (χ0v) is 18.7. The number of piperidine rings is 1. The molecule has 0 bridgehead atoms. The van der Waals surface area contributed by atoms with Crippen LogP contribution in [0.25, 0.3) is 11.4 Å². The lowest BCUT2D eigenvalue weighted by atomic mass is 9.95. The van der Waals surface area contributed by atoms with Gasteiger partial charge in [0, 0.05) is 30.1 Å². The highest BCUT2D eigenvalue weighted by atomic mass is 35.5. The maximum Gasteiger partial charge on any atom is 0.246 e. The number of amides is 1. The molecule has 1 saturated heterocycles. The van der Waals surface area contributed by atoms with Crippen LogP contribution >= 0.6 is 11.6 Å². The summed E-state index contributed by atoms with van der Waals surface area (Å²) in [7, 11) is 1.80. The third-order valence-electron chi connectivity index (χ3n) is 5.73. The first-order chi connectivity index (χ1) is 15.0. The molecule has 1 aromatic heterocycles. The number of likely N-dealkylation sites (tertiary alicyclic amines) is 1. The summed E-state index contributed by atoms with van der Waals surface area (Å²) in [4.78, 5) is 21.5. The smallest absolute Gasteiger partial charge is 0.246 e. The zero-order valence-electron chi connectivity index (χ0n) is 17.9. The lowest BCUT2D eigenvalue weighted by molar-refractivity contribution is -0.136. The molecule has 2 heterocycles. The molecule has 7 heteroatoms. The van der Waals surface area contributed by atoms with E-state index < -0.39 is 0 Å². The Bertz CT molecular complexity index is 1040. The molecule has 0 spiro atoms. The van der Waals surface area contributed by atoms with Crippen molar-refractivity contribution in [2.75, 3.05) is 20.1 Å². The second-order valence-electron chi connectivity index (χ2n) is 8.26. The highest BCUT2D eigenvalue weighted by molar-refractivity contribution is 6.30. The number of aryl methyl sites for hydroxylation is 1. The molecular weight excluding hydrogens is 412 g/mol. The van der Waals surface area contributed by atoms with E-state index in [9.17, 15) is 4.79 Å². The number of hydrogen-bond acceptors (Lipinski definition) is 5. The van der Waals surface area contributed by atoms with E-state index in [1.807, 2.05) is 49.4 Å². The maximum atomic E-state index is 12.9. The van der Waals surface area contributed by atoms with Crippen molar-refractivity contribution in [3.63, 3.8) is 0 Å². The van der Waals surface area contributed by atoms with Gasteiger partial charge in [-0.25, -0.2) is 0 Å². The molecule has 1 fully saturated rings. The average molecular weight is 439 g/mol. The SMILES string of the molecule is Cc1cccc(-c2noc(CN(C)C(=O)C3CCN(Cc4cccc(Cl)c4)CC3)n2)c1. The number of carbonyl (C=O) groups is 1. The molecule has 0 aliphatic carbocycles. The summed E-state index contributed by atoms with van der Waals surface area (Å²) in [5, 5.41) is 4.83. The van der Waals surface area contributed by atoms with Crippen LogP contribution in [0.5, 0.6) is 0 Å². The van der Waals surface area contributed by atoms with Crippen molar-refractivity contribution >= 4 is 17.5 Å². The topological polar surface area (TPSA) is 62.5 Å². The fraction of sp³-hybridized carbons (Fsp3) is 0.375. The molecule has 0 N–H and O–H groups in total. The highest BCUT2D eigenvalue weighted by Crippen LogP contribution is 2.23. The number of hydrogen-bond donors (Lipinski definition) is 0. The molecule has 31 heavy (non-hydrogen) atoms. The van der Waals surface area contributed by atoms with Crippen LogP contribution in [0.15, 0.2) is 53.1 Å². The molecule has 2 aromatic carbocycles. The molecule has 0 radical (unpaired) electrons. The first kappa shape index (κ1) is 21.5. The fourth-order valence-electron chi connectivity index (χ4n) is 4.04. The van der Waals surface area contributed by atoms with E-state index in [2.05, 4.69) is 21.1 Å². The van der Waals surface area contributed by atoms with Crippen LogP contribution in [0, 0.1) is 12.8 Å². The third-order valence-corrected chi connectivity index (χ3v) is 5.96. The van der Waals surface area contributed by atoms with Gasteiger partial charge in [-0.2, -0.15) is 4.98 Å². The number of benzene rings is 2. The van der Waals surface area contributed by atoms with Crippen LogP contribution in [-0.2, 0) is 17.9 Å². The molecule has 162 valence electrons. The third kappa shape index (κ3) is 5.51. The van der Waals surface area contributed by atoms with Gasteiger partial charge in [0.05, 0.1) is 6.54 Å². The predicted molar refractivity (Wildman–Crippen MR) is 120 cm³/mol. The van der Waals surface area contributed by atoms with Crippen molar-refractivity contribution in [1.82, 2.24) is 19.9 Å². The Labute approximate surface area is 187 Å². The normalized spacial score (nSPS) is 15.2. The van der Waals surface area contributed by atoms with Crippen molar-refractivity contribution < 1.29 is 9.32 Å². The van der Waals surface area contributed by atoms with Crippen LogP contribution in [-0.4, -0.2) is 46.0 Å². The van der Waals surface area contributed by atoms with Gasteiger partial charge in [0.25, 0.3) is 0 Å². The molecule has 1 aliphatic rings. The Balaban J connectivity index is 1.29. The average Bonchev–Trinajstić information content (AvgIpc) is 3.22. The molecule has 1 aliphatic heterocycles. The Hall–Kier alpha value is -2.70. The molecular formula is C24H27ClN4O2. The summed E-state index contributed by atoms with van der Waals surface area (Å²) in [6, 6.07) is 15.9. The van der Waals surface area contributed by atoms with Crippen molar-refractivity contribution in [1.29, 1.82) is 0 Å². The monoisotopic (exact) mass is 438 g/mol. The van der Waals surface area contributed by atoms with Crippen LogP contribution in [0.1, 0.15) is 29.9 Å². The minimum atomic E-state index is 0.0276. The Morgan fingerprint density at radius 3 is 2.71 bits per heavy atom. The van der Waals surface area contributed by atoms with Crippen LogP contribution in [0.4, 0.5) is 0 Å². The van der Waals surface area contributed by atoms with E-state index in [1.54, 1.807) is 11.9 Å². The second kappa shape index (κ2) is 9.62. The fourth-order valence-corrected chi connectivity index (χ4v) is 4.26. The Kier molecular flexibility index (Phi) is 6.68. The number of nitrogens with zero attached hydrogens (tertiary/aromatic N) is 4. The van der Waals surface area contributed by atoms with Crippen LogP contribution in [0.2, 0.25) is 5.02 Å². The van der Waals surface area contributed by atoms with Crippen LogP contribution < -0.4 is 0 Å². The van der Waals surface area contributed by atoms with Gasteiger partial charge in [-0.3, -0.25) is 9.69 Å². The summed E-state index contributed by atoms with van der Waals surface area (Å²) >= 11 is 6.09. The van der Waals surface area contributed by atoms with Gasteiger partial charge in [-0.15, -0.1) is 0 Å². The highest BCUT2D eigenvalue weighted by Gasteiger charge is 2.28. The van der Waals surface area contributed by atoms with Gasteiger partial charge in [0.1, 0.15) is 0 Å². The quantitative estimate of drug-likeness (QED) is 0.564. The van der Waals surface area contributed by atoms with E-state index in [0.717, 1.165) is 48.6 Å². The second-order valence-corrected chi connectivity index (χ2v) is 8.69. The van der Waals surface area contributed by atoms with E-state index in [4.69, 9.17) is 16.1 Å². The summed E-state index contributed by atoms with van der Waals surface area (Å²) in [5.74, 6) is 1.16. The number of rotatable bonds is 6. The van der Waals surface area contributed by atoms with E-state index in [0.29, 0.717) is 18.3 Å². The standard InChI is InChI=1S/C24H27ClN4O2/c1-17-5-3-7-20(13-17)23-26-22(31-27-23)16-28(2)24(30)19-9-11-29(12-10-19)15-18-6-4-8-21(25)14-18/h3-8,13-14,19H,9-12,15-16H2,1-2H3. The number of halogens is 1. The predicted octanol–water partition coefficient (Wildman–Crippen LogP) is 4.57. The van der Waals surface area contributed by atoms with Gasteiger partial charge in [-0.1, -0.05) is 52.7 Å². The first-order valence-corrected chi connectivity index (χ1v) is 11.0. The van der Waals surface area contributed by atoms with Crippen molar-refractivity contribution in [3.8, 4) is 11.4 Å². The maximum absolute atomic E-state index is 12.9. The lowest BCUT2D eigenvalue weighted by Gasteiger charge is -2.33. The minimum Gasteiger partial charge on any atom is -0.337 e. The summed E-state index contributed by atoms with van der Waals surface area (Å²) in [6.45, 7) is 5.00. The van der Waals surface area contributed by atoms with Gasteiger partial charge >= 0.3 is 0 Å². The van der Waals surface area contributed by atoms with Gasteiger partial charge in [0.2, 0.25) is 17.6 Å². The number of aromatic nitrogens is 2. The first-order valence-electron chi connectivity index (χ1n) is 10.6. The summed E-state index contributed by atoms with van der Waals surface area (Å²) in [5.41, 5.74) is 3.25. The molecule has 3 aromatic rings. The summed E-state index contributed by atoms with van der Waals surface area (Å²) < 4.78 is 5.39. The number of carbonyl (C=O) groups excluding carboxylic acids is 1. The van der Waals surface area contributed by atoms with Crippen molar-refractivity contribution in [2.45, 2.75) is 32.9 Å². The minimum absolute atomic E-state index is 0.0276. The molecule has 0 saturated carbocycles. The Morgan fingerprint density at radius 1 is 1.19 bits per heavy atom. The lowest BCUT2D eigenvalue weighted by Crippen LogP contribution is -2.40. The largest absolute Gasteiger partial charge is 0.337 e. The van der Waals surface area contributed by atoms with E-state index in [1.165, 1.54) is 5.56 Å². The molecule has 0 atom stereocenters. The summed E-state index contributed by atoms with van der Waals surface area (Å²) in [6.07, 6.45) is 1.70. The van der Waals surface area contributed by atoms with Gasteiger partial charge in [0.15, 0.2) is 0 Å².